The third kappa shape index (κ3) is 3.11. The van der Waals surface area contributed by atoms with E-state index in [0.29, 0.717) is 4.91 Å². The summed E-state index contributed by atoms with van der Waals surface area (Å²) in [7, 11) is 2.12. The Morgan fingerprint density at radius 3 is 2.52 bits per heavy atom. The van der Waals surface area contributed by atoms with Gasteiger partial charge >= 0.3 is 0 Å². The summed E-state index contributed by atoms with van der Waals surface area (Å²) in [5, 5.41) is 1.99. The Labute approximate surface area is 128 Å². The van der Waals surface area contributed by atoms with Crippen LogP contribution in [0.1, 0.15) is 5.56 Å². The van der Waals surface area contributed by atoms with E-state index < -0.39 is 0 Å². The van der Waals surface area contributed by atoms with Crippen LogP contribution in [0.2, 0.25) is 0 Å². The molecule has 2 fully saturated rings. The largest absolute Gasteiger partial charge is 0.368 e. The Morgan fingerprint density at radius 1 is 1.14 bits per heavy atom. The molecule has 2 saturated heterocycles. The number of rotatable bonds is 2. The summed E-state index contributed by atoms with van der Waals surface area (Å²) in [5.41, 5.74) is 2.10. The molecule has 2 aliphatic heterocycles. The molecule has 0 aromatic heterocycles. The van der Waals surface area contributed by atoms with Crippen molar-refractivity contribution >= 4 is 34.7 Å². The molecule has 1 aromatic carbocycles. The molecule has 3 rings (SSSR count). The first-order chi connectivity index (χ1) is 10.1. The minimum atomic E-state index is -0.307. The lowest BCUT2D eigenvalue weighted by molar-refractivity contribution is -0.115. The average molecular weight is 303 g/mol. The van der Waals surface area contributed by atoms with Crippen molar-refractivity contribution in [2.75, 3.05) is 38.1 Å². The van der Waals surface area contributed by atoms with Gasteiger partial charge in [-0.05, 0) is 36.5 Å². The van der Waals surface area contributed by atoms with Gasteiger partial charge < -0.3 is 9.80 Å². The van der Waals surface area contributed by atoms with Gasteiger partial charge in [0, 0.05) is 31.9 Å². The molecule has 5 nitrogen and oxygen atoms in total. The summed E-state index contributed by atoms with van der Waals surface area (Å²) >= 11 is 0.959. The molecule has 0 bridgehead atoms. The second kappa shape index (κ2) is 5.91. The van der Waals surface area contributed by atoms with Gasteiger partial charge in [0.15, 0.2) is 0 Å². The van der Waals surface area contributed by atoms with Gasteiger partial charge in [-0.15, -0.1) is 0 Å². The number of nitrogens with one attached hydrogen (secondary N) is 1. The fraction of sp³-hybridized carbons (Fsp3) is 0.333. The molecule has 0 saturated carbocycles. The number of piperazine rings is 1. The van der Waals surface area contributed by atoms with Crippen LogP contribution < -0.4 is 10.2 Å². The van der Waals surface area contributed by atoms with Crippen molar-refractivity contribution in [3.05, 3.63) is 34.7 Å². The lowest BCUT2D eigenvalue weighted by atomic mass is 10.1. The van der Waals surface area contributed by atoms with Crippen LogP contribution in [0.5, 0.6) is 0 Å². The molecule has 1 aromatic rings. The first-order valence-corrected chi connectivity index (χ1v) is 7.72. The van der Waals surface area contributed by atoms with Crippen LogP contribution in [-0.2, 0) is 4.79 Å². The van der Waals surface area contributed by atoms with Gasteiger partial charge in [-0.1, -0.05) is 18.2 Å². The summed E-state index contributed by atoms with van der Waals surface area (Å²) in [6, 6.07) is 8.00. The zero-order valence-corrected chi connectivity index (χ0v) is 12.7. The van der Waals surface area contributed by atoms with Gasteiger partial charge in [-0.25, -0.2) is 0 Å². The summed E-state index contributed by atoms with van der Waals surface area (Å²) < 4.78 is 0. The highest BCUT2D eigenvalue weighted by molar-refractivity contribution is 8.18. The summed E-state index contributed by atoms with van der Waals surface area (Å²) in [6.45, 7) is 3.99. The number of carbonyl (C=O) groups excluding carboxylic acids is 2. The molecule has 0 atom stereocenters. The lowest BCUT2D eigenvalue weighted by Crippen LogP contribution is -2.44. The number of hydrogen-bond acceptors (Lipinski definition) is 5. The van der Waals surface area contributed by atoms with E-state index in [-0.39, 0.29) is 11.1 Å². The maximum absolute atomic E-state index is 11.7. The van der Waals surface area contributed by atoms with E-state index in [1.54, 1.807) is 6.08 Å². The van der Waals surface area contributed by atoms with E-state index in [1.165, 1.54) is 0 Å². The summed E-state index contributed by atoms with van der Waals surface area (Å²) in [4.78, 5) is 28.0. The van der Waals surface area contributed by atoms with Crippen LogP contribution in [-0.4, -0.2) is 49.3 Å². The molecule has 0 aliphatic carbocycles. The topological polar surface area (TPSA) is 52.6 Å². The van der Waals surface area contributed by atoms with Gasteiger partial charge in [-0.2, -0.15) is 0 Å². The van der Waals surface area contributed by atoms with Crippen molar-refractivity contribution < 1.29 is 9.59 Å². The first-order valence-electron chi connectivity index (χ1n) is 6.91. The molecule has 1 N–H and O–H groups in total. The predicted molar refractivity (Wildman–Crippen MR) is 85.3 cm³/mol. The number of thioether (sulfide) groups is 1. The molecule has 2 aliphatic rings. The highest BCUT2D eigenvalue weighted by Gasteiger charge is 2.25. The second-order valence-corrected chi connectivity index (χ2v) is 6.22. The van der Waals surface area contributed by atoms with Gasteiger partial charge in [0.1, 0.15) is 0 Å². The Kier molecular flexibility index (Phi) is 3.98. The van der Waals surface area contributed by atoms with Crippen molar-refractivity contribution in [2.45, 2.75) is 0 Å². The fourth-order valence-electron chi connectivity index (χ4n) is 2.51. The fourth-order valence-corrected chi connectivity index (χ4v) is 3.18. The van der Waals surface area contributed by atoms with E-state index in [1.807, 2.05) is 18.2 Å². The summed E-state index contributed by atoms with van der Waals surface area (Å²) in [5.74, 6) is -0.307. The SMILES string of the molecule is CN1CCN(c2ccccc2/C=C2/SC(=O)NC2=O)CC1. The van der Waals surface area contributed by atoms with Crippen molar-refractivity contribution in [1.82, 2.24) is 10.2 Å². The zero-order valence-electron chi connectivity index (χ0n) is 11.8. The van der Waals surface area contributed by atoms with Gasteiger partial charge in [-0.3, -0.25) is 14.9 Å². The number of anilines is 1. The molecule has 21 heavy (non-hydrogen) atoms. The van der Waals surface area contributed by atoms with E-state index in [9.17, 15) is 9.59 Å². The summed E-state index contributed by atoms with van der Waals surface area (Å²) in [6.07, 6.45) is 1.80. The quantitative estimate of drug-likeness (QED) is 0.844. The normalized spacial score (nSPS) is 22.0. The van der Waals surface area contributed by atoms with E-state index >= 15 is 0 Å². The van der Waals surface area contributed by atoms with Crippen LogP contribution >= 0.6 is 11.8 Å². The van der Waals surface area contributed by atoms with Gasteiger partial charge in [0.25, 0.3) is 11.1 Å². The van der Waals surface area contributed by atoms with Crippen molar-refractivity contribution in [2.24, 2.45) is 0 Å². The van der Waals surface area contributed by atoms with Crippen molar-refractivity contribution in [1.29, 1.82) is 0 Å². The predicted octanol–water partition coefficient (Wildman–Crippen LogP) is 1.76. The molecule has 110 valence electrons. The number of amides is 2. The number of para-hydroxylation sites is 1. The molecule has 2 heterocycles. The third-order valence-corrected chi connectivity index (χ3v) is 4.52. The smallest absolute Gasteiger partial charge is 0.290 e. The van der Waals surface area contributed by atoms with Crippen LogP contribution in [0, 0.1) is 0 Å². The van der Waals surface area contributed by atoms with Crippen LogP contribution in [0.3, 0.4) is 0 Å². The Morgan fingerprint density at radius 2 is 1.86 bits per heavy atom. The maximum atomic E-state index is 11.7. The monoisotopic (exact) mass is 303 g/mol. The van der Waals surface area contributed by atoms with E-state index in [0.717, 1.165) is 49.2 Å². The molecule has 0 spiro atoms. The standard InChI is InChI=1S/C15H17N3O2S/c1-17-6-8-18(9-7-17)12-5-3-2-4-11(12)10-13-14(19)16-15(20)21-13/h2-5,10H,6-9H2,1H3,(H,16,19,20)/b13-10+. The number of likely N-dealkylation sites (N-methyl/N-ethyl adjacent to an activating group) is 1. The first kappa shape index (κ1) is 14.2. The Bertz CT molecular complexity index is 607. The van der Waals surface area contributed by atoms with Gasteiger partial charge in [0.05, 0.1) is 4.91 Å². The minimum Gasteiger partial charge on any atom is -0.368 e. The second-order valence-electron chi connectivity index (χ2n) is 5.20. The molecule has 2 amide bonds. The Balaban J connectivity index is 1.88. The van der Waals surface area contributed by atoms with Crippen LogP contribution in [0.25, 0.3) is 6.08 Å². The highest BCUT2D eigenvalue weighted by Crippen LogP contribution is 2.29. The number of imide groups is 1. The lowest BCUT2D eigenvalue weighted by Gasteiger charge is -2.34. The van der Waals surface area contributed by atoms with Crippen molar-refractivity contribution in [3.63, 3.8) is 0 Å². The number of nitrogens with zero attached hydrogens (tertiary/aromatic N) is 2. The molecule has 6 heteroatoms. The Hall–Kier alpha value is -1.79. The zero-order chi connectivity index (χ0) is 14.8. The van der Waals surface area contributed by atoms with E-state index in [2.05, 4.69) is 28.2 Å². The van der Waals surface area contributed by atoms with E-state index in [4.69, 9.17) is 0 Å². The van der Waals surface area contributed by atoms with Crippen molar-refractivity contribution in [3.8, 4) is 0 Å². The number of hydrogen-bond donors (Lipinski definition) is 1. The molecule has 0 radical (unpaired) electrons. The molecular formula is C15H17N3O2S. The third-order valence-electron chi connectivity index (χ3n) is 3.71. The maximum Gasteiger partial charge on any atom is 0.290 e. The number of carbonyl (C=O) groups is 2. The molecular weight excluding hydrogens is 286 g/mol. The van der Waals surface area contributed by atoms with Crippen LogP contribution in [0.15, 0.2) is 29.2 Å². The number of benzene rings is 1. The average Bonchev–Trinajstić information content (AvgIpc) is 2.79. The van der Waals surface area contributed by atoms with Crippen LogP contribution in [0.4, 0.5) is 10.5 Å². The molecule has 0 unspecified atom stereocenters. The minimum absolute atomic E-state index is 0.302. The highest BCUT2D eigenvalue weighted by atomic mass is 32.2. The van der Waals surface area contributed by atoms with Gasteiger partial charge in [0.2, 0.25) is 0 Å².